The zero-order chi connectivity index (χ0) is 25.6. The molecule has 4 amide bonds. The molecule has 0 rings (SSSR count). The second-order valence-corrected chi connectivity index (χ2v) is 7.52. The summed E-state index contributed by atoms with van der Waals surface area (Å²) >= 11 is 0. The van der Waals surface area contributed by atoms with Crippen molar-refractivity contribution >= 4 is 35.6 Å². The minimum absolute atomic E-state index is 0.144. The lowest BCUT2D eigenvalue weighted by molar-refractivity contribution is -0.142. The van der Waals surface area contributed by atoms with Gasteiger partial charge in [-0.15, -0.1) is 0 Å². The standard InChI is InChI=1S/C19H34N6O8/c1-10(19(32)33)23-17(30)13(6-7-14(22)26)25-18(31)12(4-2-3-9-20)24-16(29)11(21)5-8-15(27)28/h10-13H,2-9,20-21H2,1H3,(H2,22,26)(H,23,30)(H,24,29)(H,25,31)(H,27,28)(H,32,33). The predicted molar refractivity (Wildman–Crippen MR) is 115 cm³/mol. The molecule has 14 heteroatoms. The van der Waals surface area contributed by atoms with Crippen molar-refractivity contribution in [3.8, 4) is 0 Å². The molecule has 0 aromatic carbocycles. The average Bonchev–Trinajstić information content (AvgIpc) is 2.73. The number of hydrogen-bond donors (Lipinski definition) is 8. The van der Waals surface area contributed by atoms with E-state index in [-0.39, 0.29) is 32.1 Å². The molecule has 0 radical (unpaired) electrons. The summed E-state index contributed by atoms with van der Waals surface area (Å²) in [4.78, 5) is 70.4. The van der Waals surface area contributed by atoms with Crippen molar-refractivity contribution in [2.45, 2.75) is 76.0 Å². The van der Waals surface area contributed by atoms with Crippen molar-refractivity contribution in [3.63, 3.8) is 0 Å². The largest absolute Gasteiger partial charge is 0.481 e. The molecule has 188 valence electrons. The van der Waals surface area contributed by atoms with Gasteiger partial charge in [-0.2, -0.15) is 0 Å². The van der Waals surface area contributed by atoms with Crippen molar-refractivity contribution in [2.24, 2.45) is 17.2 Å². The number of carbonyl (C=O) groups excluding carboxylic acids is 4. The van der Waals surface area contributed by atoms with E-state index in [0.717, 1.165) is 0 Å². The number of nitrogens with one attached hydrogen (secondary N) is 3. The maximum atomic E-state index is 12.8. The van der Waals surface area contributed by atoms with Gasteiger partial charge in [0.25, 0.3) is 0 Å². The first-order chi connectivity index (χ1) is 15.4. The predicted octanol–water partition coefficient (Wildman–Crippen LogP) is -2.87. The Bertz CT molecular complexity index is 716. The summed E-state index contributed by atoms with van der Waals surface area (Å²) in [5.41, 5.74) is 16.3. The van der Waals surface area contributed by atoms with E-state index in [4.69, 9.17) is 27.4 Å². The molecule has 0 heterocycles. The lowest BCUT2D eigenvalue weighted by atomic mass is 10.0. The number of nitrogens with two attached hydrogens (primary N) is 3. The van der Waals surface area contributed by atoms with Crippen molar-refractivity contribution in [2.75, 3.05) is 6.54 Å². The van der Waals surface area contributed by atoms with E-state index in [9.17, 15) is 28.8 Å². The zero-order valence-electron chi connectivity index (χ0n) is 18.5. The lowest BCUT2D eigenvalue weighted by Gasteiger charge is -2.24. The summed E-state index contributed by atoms with van der Waals surface area (Å²) < 4.78 is 0. The highest BCUT2D eigenvalue weighted by Crippen LogP contribution is 2.06. The fourth-order valence-electron chi connectivity index (χ4n) is 2.65. The third kappa shape index (κ3) is 13.0. The summed E-state index contributed by atoms with van der Waals surface area (Å²) in [5, 5.41) is 24.7. The zero-order valence-corrected chi connectivity index (χ0v) is 18.5. The summed E-state index contributed by atoms with van der Waals surface area (Å²) in [5.74, 6) is -5.52. The van der Waals surface area contributed by atoms with Crippen LogP contribution in [0.25, 0.3) is 0 Å². The molecule has 0 aromatic rings. The fraction of sp³-hybridized carbons (Fsp3) is 0.684. The second kappa shape index (κ2) is 15.5. The second-order valence-electron chi connectivity index (χ2n) is 7.52. The Morgan fingerprint density at radius 3 is 1.85 bits per heavy atom. The van der Waals surface area contributed by atoms with Gasteiger partial charge in [0, 0.05) is 12.8 Å². The normalized spacial score (nSPS) is 14.3. The molecular formula is C19H34N6O8. The van der Waals surface area contributed by atoms with Gasteiger partial charge in [0.1, 0.15) is 18.1 Å². The van der Waals surface area contributed by atoms with E-state index in [1.807, 2.05) is 0 Å². The number of rotatable bonds is 17. The summed E-state index contributed by atoms with van der Waals surface area (Å²) in [7, 11) is 0. The first-order valence-electron chi connectivity index (χ1n) is 10.5. The van der Waals surface area contributed by atoms with Crippen molar-refractivity contribution in [1.82, 2.24) is 16.0 Å². The SMILES string of the molecule is CC(NC(=O)C(CCC(N)=O)NC(=O)C(CCCCN)NC(=O)C(N)CCC(=O)O)C(=O)O. The topological polar surface area (TPSA) is 257 Å². The summed E-state index contributed by atoms with van der Waals surface area (Å²) in [6, 6.07) is -4.84. The van der Waals surface area contributed by atoms with Crippen LogP contribution in [0.5, 0.6) is 0 Å². The molecule has 0 aliphatic rings. The number of unbranched alkanes of at least 4 members (excludes halogenated alkanes) is 1. The first-order valence-corrected chi connectivity index (χ1v) is 10.5. The quantitative estimate of drug-likeness (QED) is 0.0999. The summed E-state index contributed by atoms with van der Waals surface area (Å²) in [6.07, 6.45) is 0.214. The summed E-state index contributed by atoms with van der Waals surface area (Å²) in [6.45, 7) is 1.57. The van der Waals surface area contributed by atoms with Crippen molar-refractivity contribution in [1.29, 1.82) is 0 Å². The van der Waals surface area contributed by atoms with Crippen LogP contribution in [0.1, 0.15) is 51.9 Å². The van der Waals surface area contributed by atoms with Gasteiger partial charge in [0.05, 0.1) is 6.04 Å². The van der Waals surface area contributed by atoms with Crippen LogP contribution in [0.3, 0.4) is 0 Å². The highest BCUT2D eigenvalue weighted by Gasteiger charge is 2.29. The highest BCUT2D eigenvalue weighted by molar-refractivity contribution is 5.94. The molecule has 0 aliphatic heterocycles. The van der Waals surface area contributed by atoms with E-state index < -0.39 is 59.7 Å². The molecule has 0 spiro atoms. The van der Waals surface area contributed by atoms with Gasteiger partial charge >= 0.3 is 11.9 Å². The van der Waals surface area contributed by atoms with E-state index in [0.29, 0.717) is 19.4 Å². The van der Waals surface area contributed by atoms with Crippen LogP contribution in [0, 0.1) is 0 Å². The van der Waals surface area contributed by atoms with Crippen LogP contribution in [-0.2, 0) is 28.8 Å². The molecule has 0 fully saturated rings. The minimum atomic E-state index is -1.30. The molecule has 4 unspecified atom stereocenters. The first kappa shape index (κ1) is 29.7. The highest BCUT2D eigenvalue weighted by atomic mass is 16.4. The van der Waals surface area contributed by atoms with E-state index >= 15 is 0 Å². The van der Waals surface area contributed by atoms with Gasteiger partial charge in [-0.1, -0.05) is 0 Å². The Kier molecular flexibility index (Phi) is 14.0. The maximum Gasteiger partial charge on any atom is 0.325 e. The Hall–Kier alpha value is -3.26. The molecular weight excluding hydrogens is 440 g/mol. The number of carboxylic acid groups (broad SMARTS) is 2. The average molecular weight is 475 g/mol. The van der Waals surface area contributed by atoms with Gasteiger partial charge in [-0.05, 0) is 45.6 Å². The monoisotopic (exact) mass is 474 g/mol. The molecule has 11 N–H and O–H groups in total. The Morgan fingerprint density at radius 1 is 0.788 bits per heavy atom. The smallest absolute Gasteiger partial charge is 0.325 e. The fourth-order valence-corrected chi connectivity index (χ4v) is 2.65. The molecule has 4 atom stereocenters. The number of carbonyl (C=O) groups is 6. The Labute approximate surface area is 191 Å². The molecule has 0 bridgehead atoms. The van der Waals surface area contributed by atoms with Crippen LogP contribution < -0.4 is 33.2 Å². The van der Waals surface area contributed by atoms with Crippen LogP contribution in [0.2, 0.25) is 0 Å². The van der Waals surface area contributed by atoms with Gasteiger partial charge in [-0.3, -0.25) is 28.8 Å². The van der Waals surface area contributed by atoms with Gasteiger partial charge in [0.15, 0.2) is 0 Å². The Morgan fingerprint density at radius 2 is 1.33 bits per heavy atom. The molecule has 0 aromatic heterocycles. The third-order valence-corrected chi connectivity index (χ3v) is 4.63. The number of primary amides is 1. The van der Waals surface area contributed by atoms with Gasteiger partial charge in [0.2, 0.25) is 23.6 Å². The van der Waals surface area contributed by atoms with Crippen LogP contribution in [0.4, 0.5) is 0 Å². The van der Waals surface area contributed by atoms with Gasteiger partial charge < -0.3 is 43.4 Å². The van der Waals surface area contributed by atoms with E-state index in [1.165, 1.54) is 6.92 Å². The van der Waals surface area contributed by atoms with Crippen LogP contribution in [0.15, 0.2) is 0 Å². The van der Waals surface area contributed by atoms with Crippen molar-refractivity contribution < 1.29 is 39.0 Å². The number of amides is 4. The Balaban J connectivity index is 5.39. The minimum Gasteiger partial charge on any atom is -0.481 e. The molecule has 0 saturated carbocycles. The van der Waals surface area contributed by atoms with Crippen LogP contribution in [-0.4, -0.2) is 76.5 Å². The number of aliphatic carboxylic acids is 2. The van der Waals surface area contributed by atoms with Crippen molar-refractivity contribution in [3.05, 3.63) is 0 Å². The molecule has 0 aliphatic carbocycles. The number of hydrogen-bond acceptors (Lipinski definition) is 8. The molecule has 14 nitrogen and oxygen atoms in total. The lowest BCUT2D eigenvalue weighted by Crippen LogP contribution is -2.57. The maximum absolute atomic E-state index is 12.8. The van der Waals surface area contributed by atoms with Crippen LogP contribution >= 0.6 is 0 Å². The third-order valence-electron chi connectivity index (χ3n) is 4.63. The van der Waals surface area contributed by atoms with E-state index in [1.54, 1.807) is 0 Å². The van der Waals surface area contributed by atoms with E-state index in [2.05, 4.69) is 16.0 Å². The number of carboxylic acids is 2. The van der Waals surface area contributed by atoms with Gasteiger partial charge in [-0.25, -0.2) is 0 Å². The molecule has 0 saturated heterocycles. The molecule has 33 heavy (non-hydrogen) atoms.